The zero-order valence-electron chi connectivity index (χ0n) is 11.6. The van der Waals surface area contributed by atoms with Gasteiger partial charge >= 0.3 is 0 Å². The predicted octanol–water partition coefficient (Wildman–Crippen LogP) is 3.64. The van der Waals surface area contributed by atoms with Crippen molar-refractivity contribution in [3.8, 4) is 5.69 Å². The molecule has 0 radical (unpaired) electrons. The van der Waals surface area contributed by atoms with Crippen molar-refractivity contribution in [2.24, 2.45) is 7.05 Å². The lowest BCUT2D eigenvalue weighted by atomic mass is 10.3. The Kier molecular flexibility index (Phi) is 3.63. The van der Waals surface area contributed by atoms with Crippen molar-refractivity contribution in [3.05, 3.63) is 40.6 Å². The van der Waals surface area contributed by atoms with Crippen LogP contribution in [0.15, 0.2) is 18.2 Å². The third-order valence-corrected chi connectivity index (χ3v) is 3.84. The Labute approximate surface area is 131 Å². The van der Waals surface area contributed by atoms with E-state index in [9.17, 15) is 4.39 Å². The summed E-state index contributed by atoms with van der Waals surface area (Å²) in [5, 5.41) is 4.41. The lowest BCUT2D eigenvalue weighted by Crippen LogP contribution is -2.08. The van der Waals surface area contributed by atoms with Crippen molar-refractivity contribution in [3.63, 3.8) is 0 Å². The zero-order valence-corrected chi connectivity index (χ0v) is 13.1. The summed E-state index contributed by atoms with van der Waals surface area (Å²) in [6, 6.07) is 4.90. The monoisotopic (exact) mass is 326 g/mol. The minimum Gasteiger partial charge on any atom is -0.278 e. The molecule has 0 aliphatic rings. The lowest BCUT2D eigenvalue weighted by Gasteiger charge is -2.10. The molecule has 0 aliphatic heterocycles. The largest absolute Gasteiger partial charge is 0.278 e. The van der Waals surface area contributed by atoms with Gasteiger partial charge in [0, 0.05) is 19.3 Å². The molecule has 3 rings (SSSR count). The molecule has 0 saturated carbocycles. The first-order valence-electron chi connectivity index (χ1n) is 6.46. The first-order chi connectivity index (χ1) is 10.0. The molecule has 0 aliphatic carbocycles. The first-order valence-corrected chi connectivity index (χ1v) is 7.37. The maximum Gasteiger partial charge on any atom is 0.165 e. The molecule has 21 heavy (non-hydrogen) atoms. The zero-order chi connectivity index (χ0) is 15.1. The highest BCUT2D eigenvalue weighted by Crippen LogP contribution is 2.28. The van der Waals surface area contributed by atoms with Crippen LogP contribution in [0.3, 0.4) is 0 Å². The quantitative estimate of drug-likeness (QED) is 0.689. The highest BCUT2D eigenvalue weighted by molar-refractivity contribution is 6.30. The molecule has 0 bridgehead atoms. The summed E-state index contributed by atoms with van der Waals surface area (Å²) in [7, 11) is 1.81. The van der Waals surface area contributed by atoms with Gasteiger partial charge in [-0.05, 0) is 19.1 Å². The molecular formula is C14H13Cl2FN4. The summed E-state index contributed by atoms with van der Waals surface area (Å²) in [4.78, 5) is 4.56. The van der Waals surface area contributed by atoms with E-state index in [0.29, 0.717) is 23.8 Å². The van der Waals surface area contributed by atoms with Crippen LogP contribution in [0.2, 0.25) is 5.02 Å². The van der Waals surface area contributed by atoms with E-state index >= 15 is 0 Å². The van der Waals surface area contributed by atoms with E-state index in [1.54, 1.807) is 28.4 Å². The predicted molar refractivity (Wildman–Crippen MR) is 82.0 cm³/mol. The lowest BCUT2D eigenvalue weighted by molar-refractivity contribution is 0.615. The highest BCUT2D eigenvalue weighted by atomic mass is 35.5. The van der Waals surface area contributed by atoms with E-state index in [4.69, 9.17) is 23.2 Å². The van der Waals surface area contributed by atoms with Crippen LogP contribution in [0, 0.1) is 12.7 Å². The Hall–Kier alpha value is -1.59. The van der Waals surface area contributed by atoms with Crippen molar-refractivity contribution in [1.82, 2.24) is 19.3 Å². The Morgan fingerprint density at radius 1 is 1.33 bits per heavy atom. The van der Waals surface area contributed by atoms with E-state index < -0.39 is 5.82 Å². The molecular weight excluding hydrogens is 314 g/mol. The summed E-state index contributed by atoms with van der Waals surface area (Å²) < 4.78 is 17.8. The van der Waals surface area contributed by atoms with Gasteiger partial charge in [-0.15, -0.1) is 11.6 Å². The fourth-order valence-electron chi connectivity index (χ4n) is 2.49. The number of aryl methyl sites for hydroxylation is 3. The van der Waals surface area contributed by atoms with E-state index in [0.717, 1.165) is 16.9 Å². The number of fused-ring (bicyclic) bond motifs is 1. The van der Waals surface area contributed by atoms with Crippen LogP contribution in [0.5, 0.6) is 0 Å². The van der Waals surface area contributed by atoms with E-state index in [1.807, 2.05) is 6.92 Å². The second-order valence-electron chi connectivity index (χ2n) is 4.76. The Morgan fingerprint density at radius 3 is 2.81 bits per heavy atom. The summed E-state index contributed by atoms with van der Waals surface area (Å²) in [6.07, 6.45) is 0.529. The van der Waals surface area contributed by atoms with E-state index in [1.165, 1.54) is 6.07 Å². The van der Waals surface area contributed by atoms with Crippen LogP contribution in [0.25, 0.3) is 16.9 Å². The number of alkyl halides is 1. The Balaban J connectivity index is 2.38. The smallest absolute Gasteiger partial charge is 0.165 e. The number of aromatic nitrogens is 4. The molecule has 0 amide bonds. The van der Waals surface area contributed by atoms with Gasteiger partial charge in [-0.25, -0.2) is 14.1 Å². The molecule has 0 saturated heterocycles. The number of hydrogen-bond acceptors (Lipinski definition) is 2. The summed E-state index contributed by atoms with van der Waals surface area (Å²) in [6.45, 7) is 1.87. The van der Waals surface area contributed by atoms with Gasteiger partial charge in [-0.2, -0.15) is 5.10 Å². The van der Waals surface area contributed by atoms with Crippen molar-refractivity contribution in [2.75, 3.05) is 5.88 Å². The number of benzene rings is 1. The molecule has 2 aromatic heterocycles. The average Bonchev–Trinajstić information content (AvgIpc) is 2.93. The van der Waals surface area contributed by atoms with Crippen LogP contribution in [0.4, 0.5) is 4.39 Å². The minimum atomic E-state index is -0.479. The number of nitrogens with zero attached hydrogens (tertiary/aromatic N) is 4. The normalized spacial score (nSPS) is 11.5. The molecule has 0 atom stereocenters. The molecule has 0 fully saturated rings. The second-order valence-corrected chi connectivity index (χ2v) is 5.54. The maximum atomic E-state index is 14.4. The van der Waals surface area contributed by atoms with Crippen LogP contribution in [0.1, 0.15) is 11.5 Å². The van der Waals surface area contributed by atoms with Crippen LogP contribution >= 0.6 is 23.2 Å². The Morgan fingerprint density at radius 2 is 2.10 bits per heavy atom. The van der Waals surface area contributed by atoms with Gasteiger partial charge in [0.25, 0.3) is 0 Å². The van der Waals surface area contributed by atoms with Crippen LogP contribution in [-0.4, -0.2) is 25.2 Å². The number of imidazole rings is 1. The van der Waals surface area contributed by atoms with Crippen molar-refractivity contribution < 1.29 is 4.39 Å². The molecule has 1 aromatic carbocycles. The van der Waals surface area contributed by atoms with Crippen molar-refractivity contribution in [1.29, 1.82) is 0 Å². The molecule has 110 valence electrons. The molecule has 2 heterocycles. The fourth-order valence-corrected chi connectivity index (χ4v) is 2.83. The molecule has 0 N–H and O–H groups in total. The van der Waals surface area contributed by atoms with Crippen molar-refractivity contribution >= 4 is 34.4 Å². The van der Waals surface area contributed by atoms with E-state index in [2.05, 4.69) is 10.1 Å². The van der Waals surface area contributed by atoms with Gasteiger partial charge < -0.3 is 0 Å². The number of hydrogen-bond donors (Lipinski definition) is 0. The average molecular weight is 327 g/mol. The molecule has 0 spiro atoms. The van der Waals surface area contributed by atoms with Gasteiger partial charge in [0.15, 0.2) is 11.5 Å². The molecule has 4 nitrogen and oxygen atoms in total. The minimum absolute atomic E-state index is 0.0741. The van der Waals surface area contributed by atoms with Crippen LogP contribution < -0.4 is 0 Å². The maximum absolute atomic E-state index is 14.4. The van der Waals surface area contributed by atoms with Gasteiger partial charge in [0.1, 0.15) is 11.3 Å². The van der Waals surface area contributed by atoms with Crippen LogP contribution in [-0.2, 0) is 13.5 Å². The topological polar surface area (TPSA) is 35.6 Å². The summed E-state index contributed by atoms with van der Waals surface area (Å²) in [5.74, 6) is 0.614. The second kappa shape index (κ2) is 5.31. The highest BCUT2D eigenvalue weighted by Gasteiger charge is 2.21. The standard InChI is InChI=1S/C14H13Cl2FN4/c1-8-13-14(20(2)19-8)21(11(18-13)6-7-15)10-5-3-4-9(16)12(10)17/h3-5H,6-7H2,1-2H3. The van der Waals surface area contributed by atoms with Gasteiger partial charge in [0.05, 0.1) is 16.4 Å². The third kappa shape index (κ3) is 2.21. The summed E-state index contributed by atoms with van der Waals surface area (Å²) in [5.41, 5.74) is 2.63. The number of rotatable bonds is 3. The Bertz CT molecular complexity index is 822. The fraction of sp³-hybridized carbons (Fsp3) is 0.286. The van der Waals surface area contributed by atoms with Gasteiger partial charge in [-0.3, -0.25) is 4.57 Å². The SMILES string of the molecule is Cc1nn(C)c2c1nc(CCCl)n2-c1cccc(Cl)c1F. The van der Waals surface area contributed by atoms with Gasteiger partial charge in [-0.1, -0.05) is 17.7 Å². The summed E-state index contributed by atoms with van der Waals surface area (Å²) >= 11 is 11.7. The first kappa shape index (κ1) is 14.4. The molecule has 0 unspecified atom stereocenters. The van der Waals surface area contributed by atoms with Crippen molar-refractivity contribution in [2.45, 2.75) is 13.3 Å². The number of halogens is 3. The molecule has 7 heteroatoms. The molecule has 3 aromatic rings. The third-order valence-electron chi connectivity index (χ3n) is 3.36. The van der Waals surface area contributed by atoms with E-state index in [-0.39, 0.29) is 5.02 Å². The van der Waals surface area contributed by atoms with Gasteiger partial charge in [0.2, 0.25) is 0 Å².